The number of methoxy groups -OCH3 is 2. The minimum absolute atomic E-state index is 0.127. The van der Waals surface area contributed by atoms with E-state index in [0.29, 0.717) is 77.3 Å². The third-order valence-corrected chi connectivity index (χ3v) is 10.9. The molecule has 2 fully saturated rings. The van der Waals surface area contributed by atoms with E-state index in [1.54, 1.807) is 39.0 Å². The highest BCUT2D eigenvalue weighted by Crippen LogP contribution is 2.23. The van der Waals surface area contributed by atoms with Gasteiger partial charge in [-0.2, -0.15) is 0 Å². The quantitative estimate of drug-likeness (QED) is 0.0268. The Kier molecular flexibility index (Phi) is 29.0. The maximum absolute atomic E-state index is 13.4. The zero-order valence-electron chi connectivity index (χ0n) is 42.1. The van der Waals surface area contributed by atoms with E-state index in [2.05, 4.69) is 55.8 Å². The summed E-state index contributed by atoms with van der Waals surface area (Å²) in [6, 6.07) is -4.36. The first-order valence-electron chi connectivity index (χ1n) is 23.8. The molecule has 2 unspecified atom stereocenters. The normalized spacial score (nSPS) is 17.4. The number of carbonyl (C=O) groups excluding carboxylic acids is 9. The molecule has 0 aromatic heterocycles. The number of rotatable bonds is 27. The van der Waals surface area contributed by atoms with Crippen molar-refractivity contribution in [2.24, 2.45) is 5.92 Å². The molecule has 2 saturated heterocycles. The van der Waals surface area contributed by atoms with Crippen molar-refractivity contribution >= 4 is 53.7 Å². The second kappa shape index (κ2) is 32.7. The van der Waals surface area contributed by atoms with Crippen LogP contribution in [0.15, 0.2) is 38.0 Å². The van der Waals surface area contributed by atoms with Crippen molar-refractivity contribution < 1.29 is 72.3 Å². The summed E-state index contributed by atoms with van der Waals surface area (Å²) in [5.74, 6) is -4.26. The first-order chi connectivity index (χ1) is 33.0. The maximum Gasteiger partial charge on any atom is 0.410 e. The van der Waals surface area contributed by atoms with Crippen molar-refractivity contribution in [1.82, 2.24) is 36.4 Å². The van der Waals surface area contributed by atoms with Crippen LogP contribution in [0, 0.1) is 5.92 Å². The number of nitrogens with one attached hydrogen (secondary N) is 5. The Morgan fingerprint density at radius 1 is 0.671 bits per heavy atom. The second-order valence-corrected chi connectivity index (χ2v) is 18.2. The molecule has 0 saturated carbocycles. The Hall–Kier alpha value is -6.03. The molecule has 22 nitrogen and oxygen atoms in total. The van der Waals surface area contributed by atoms with Crippen molar-refractivity contribution in [3.63, 3.8) is 0 Å². The molecule has 2 aliphatic rings. The van der Waals surface area contributed by atoms with Gasteiger partial charge in [0.15, 0.2) is 12.2 Å². The summed E-state index contributed by atoms with van der Waals surface area (Å²) >= 11 is 0. The molecule has 0 radical (unpaired) electrons. The van der Waals surface area contributed by atoms with Gasteiger partial charge in [0.1, 0.15) is 36.8 Å². The molecule has 0 aliphatic carbocycles. The molecular formula is C48H79N7O15. The molecule has 2 aliphatic heterocycles. The topological polar surface area (TPSA) is 298 Å². The Morgan fingerprint density at radius 3 is 1.53 bits per heavy atom. The number of esters is 2. The number of hydrogen-bond acceptors (Lipinski definition) is 15. The van der Waals surface area contributed by atoms with Crippen molar-refractivity contribution in [2.45, 2.75) is 160 Å². The number of carbonyl (C=O) groups is 9. The van der Waals surface area contributed by atoms with E-state index in [4.69, 9.17) is 9.47 Å². The molecule has 0 aromatic rings. The third-order valence-electron chi connectivity index (χ3n) is 10.9. The van der Waals surface area contributed by atoms with Gasteiger partial charge in [-0.1, -0.05) is 32.1 Å². The zero-order chi connectivity index (χ0) is 53.0. The van der Waals surface area contributed by atoms with Gasteiger partial charge in [-0.25, -0.2) is 9.59 Å². The molecule has 0 aromatic carbocycles. The summed E-state index contributed by atoms with van der Waals surface area (Å²) in [5.41, 5.74) is -0.693. The minimum Gasteiger partial charge on any atom is -0.468 e. The number of aliphatic hydroxyl groups excluding tert-OH is 2. The van der Waals surface area contributed by atoms with Crippen LogP contribution >= 0.6 is 0 Å². The fourth-order valence-electron chi connectivity index (χ4n) is 7.23. The van der Waals surface area contributed by atoms with Crippen LogP contribution in [0.4, 0.5) is 9.59 Å². The fraction of sp³-hybridized carbons (Fsp3) is 0.688. The number of ether oxygens (including phenoxy) is 4. The molecule has 70 heavy (non-hydrogen) atoms. The first kappa shape index (κ1) is 62.0. The van der Waals surface area contributed by atoms with Gasteiger partial charge in [-0.3, -0.25) is 38.5 Å². The minimum atomic E-state index is -1.63. The summed E-state index contributed by atoms with van der Waals surface area (Å²) in [6.07, 6.45) is 6.23. The zero-order valence-corrected chi connectivity index (χ0v) is 42.1. The molecule has 0 bridgehead atoms. The van der Waals surface area contributed by atoms with Crippen LogP contribution in [-0.4, -0.2) is 169 Å². The van der Waals surface area contributed by atoms with E-state index in [9.17, 15) is 53.4 Å². The van der Waals surface area contributed by atoms with Crippen LogP contribution in [0.1, 0.15) is 112 Å². The number of allylic oxidation sites excluding steroid dienone is 3. The molecule has 22 heteroatoms. The number of alkyl carbamates (subject to hydrolysis) is 1. The first-order valence-corrected chi connectivity index (χ1v) is 23.8. The van der Waals surface area contributed by atoms with Gasteiger partial charge in [0.25, 0.3) is 11.8 Å². The predicted octanol–water partition coefficient (Wildman–Crippen LogP) is 2.06. The van der Waals surface area contributed by atoms with Crippen LogP contribution in [-0.2, 0) is 52.5 Å². The molecule has 2 heterocycles. The second-order valence-electron chi connectivity index (χ2n) is 18.2. The van der Waals surface area contributed by atoms with Crippen LogP contribution in [0.3, 0.4) is 0 Å². The molecule has 7 atom stereocenters. The molecule has 396 valence electrons. The number of aliphatic hydroxyl groups is 2. The summed E-state index contributed by atoms with van der Waals surface area (Å²) in [6.45, 7) is 20.1. The van der Waals surface area contributed by atoms with Crippen LogP contribution < -0.4 is 26.6 Å². The summed E-state index contributed by atoms with van der Waals surface area (Å²) in [7, 11) is 2.35. The van der Waals surface area contributed by atoms with Crippen LogP contribution in [0.5, 0.6) is 0 Å². The Balaban J connectivity index is 0.000000719. The van der Waals surface area contributed by atoms with Crippen molar-refractivity contribution in [3.8, 4) is 0 Å². The molecule has 2 rings (SSSR count). The molecule has 7 amide bonds. The molecular weight excluding hydrogens is 915 g/mol. The Bertz CT molecular complexity index is 1770. The Morgan fingerprint density at radius 2 is 1.11 bits per heavy atom. The largest absolute Gasteiger partial charge is 0.468 e. The molecule has 7 N–H and O–H groups in total. The molecule has 0 spiro atoms. The third kappa shape index (κ3) is 23.1. The van der Waals surface area contributed by atoms with Crippen molar-refractivity contribution in [1.29, 1.82) is 0 Å². The summed E-state index contributed by atoms with van der Waals surface area (Å²) < 4.78 is 19.5. The van der Waals surface area contributed by atoms with Crippen LogP contribution in [0.2, 0.25) is 0 Å². The van der Waals surface area contributed by atoms with Gasteiger partial charge in [-0.15, -0.1) is 19.7 Å². The van der Waals surface area contributed by atoms with E-state index in [1.807, 2.05) is 13.8 Å². The van der Waals surface area contributed by atoms with Gasteiger partial charge in [0.05, 0.1) is 32.9 Å². The average molecular weight is 994 g/mol. The highest BCUT2D eigenvalue weighted by atomic mass is 16.6. The summed E-state index contributed by atoms with van der Waals surface area (Å²) in [4.78, 5) is 114. The fourth-order valence-corrected chi connectivity index (χ4v) is 7.23. The van der Waals surface area contributed by atoms with Gasteiger partial charge in [-0.05, 0) is 104 Å². The van der Waals surface area contributed by atoms with Crippen molar-refractivity contribution in [3.05, 3.63) is 38.0 Å². The van der Waals surface area contributed by atoms with Gasteiger partial charge in [0.2, 0.25) is 17.7 Å². The average Bonchev–Trinajstić information content (AvgIpc) is 4.03. The van der Waals surface area contributed by atoms with Crippen LogP contribution in [0.25, 0.3) is 0 Å². The number of hydrogen-bond donors (Lipinski definition) is 7. The lowest BCUT2D eigenvalue weighted by Gasteiger charge is -2.30. The lowest BCUT2D eigenvalue weighted by Crippen LogP contribution is -2.57. The smallest absolute Gasteiger partial charge is 0.410 e. The number of unbranched alkanes of at least 4 members (excludes halogenated alkanes) is 2. The number of nitrogens with zero attached hydrogens (tertiary/aromatic N) is 2. The van der Waals surface area contributed by atoms with Gasteiger partial charge < -0.3 is 60.6 Å². The maximum atomic E-state index is 13.4. The van der Waals surface area contributed by atoms with E-state index in [-0.39, 0.29) is 25.4 Å². The highest BCUT2D eigenvalue weighted by Gasteiger charge is 2.41. The SMILES string of the molecule is C=CCCC[C@H](NC(=O)[C@@H]1CCCN1C(=O)OC(C)(C)C)C(O)C(=O)NCC(=O)OC.C=CCCC[C@H](NC(=O)[C@@H]1CCCN1C(=O)[C@H](CCC=C)NC(=O)OCC(C)C)C(O)C(=O)NCC(=O)OC. The standard InChI is InChI=1S/C27H44N4O8.C21H35N3O7/c1-6-8-10-13-19(23(33)25(35)28-16-22(32)38-5)29-24(34)21-14-11-15-31(21)26(36)20(12-9-7-2)30-27(37)39-17-18(3)4;1-6-7-8-10-14(17(26)19(28)22-13-16(25)30-5)23-18(27)15-11-9-12-24(15)20(29)31-21(2,3)4/h6-7,18-21,23,33H,1-2,8-17H2,3-5H3,(H,28,35)(H,29,34)(H,30,37);6,14-15,17,26H,1,7-13H2,2-5H3,(H,22,28)(H,23,27)/t19-,20-,21-,23?;14-,15-,17?/m00/s1. The van der Waals surface area contributed by atoms with E-state index in [1.165, 1.54) is 24.0 Å². The number of amides is 7. The van der Waals surface area contributed by atoms with E-state index < -0.39 is 115 Å². The van der Waals surface area contributed by atoms with E-state index >= 15 is 0 Å². The van der Waals surface area contributed by atoms with E-state index in [0.717, 1.165) is 0 Å². The summed E-state index contributed by atoms with van der Waals surface area (Å²) in [5, 5.41) is 33.7. The van der Waals surface area contributed by atoms with Crippen molar-refractivity contribution in [2.75, 3.05) is 47.0 Å². The number of likely N-dealkylation sites (tertiary alicyclic amines) is 2. The predicted molar refractivity (Wildman–Crippen MR) is 257 cm³/mol. The Labute approximate surface area is 412 Å². The lowest BCUT2D eigenvalue weighted by molar-refractivity contribution is -0.143. The lowest BCUT2D eigenvalue weighted by atomic mass is 10.0. The van der Waals surface area contributed by atoms with Gasteiger partial charge >= 0.3 is 24.1 Å². The van der Waals surface area contributed by atoms with Gasteiger partial charge in [0, 0.05) is 13.1 Å². The highest BCUT2D eigenvalue weighted by molar-refractivity contribution is 5.93. The monoisotopic (exact) mass is 994 g/mol.